The molecule has 0 spiro atoms. The number of carbonyl (C=O) groups is 1. The molecule has 1 fully saturated rings. The van der Waals surface area contributed by atoms with E-state index in [0.717, 1.165) is 0 Å². The molecule has 1 saturated heterocycles. The van der Waals surface area contributed by atoms with Gasteiger partial charge in [-0.25, -0.2) is 13.4 Å². The number of sulfonamides is 1. The lowest BCUT2D eigenvalue weighted by Crippen LogP contribution is -2.63. The van der Waals surface area contributed by atoms with Gasteiger partial charge in [-0.3, -0.25) is 4.79 Å². The number of aromatic amines is 1. The molecule has 0 aliphatic carbocycles. The van der Waals surface area contributed by atoms with Crippen molar-refractivity contribution in [1.82, 2.24) is 19.2 Å². The summed E-state index contributed by atoms with van der Waals surface area (Å²) in [4.78, 5) is 20.6. The SMILES string of the molecule is CCc1ncc(S(=O)(=O)N2CCN(C)C(=O)C2(C)C)[nH]1. The van der Waals surface area contributed by atoms with E-state index >= 15 is 0 Å². The molecule has 2 heterocycles. The summed E-state index contributed by atoms with van der Waals surface area (Å²) in [5.74, 6) is 0.407. The standard InChI is InChI=1S/C12H20N4O3S/c1-5-9-13-8-10(14-9)20(18,19)16-7-6-15(4)11(17)12(16,2)3/h8H,5-7H2,1-4H3,(H,13,14). The Morgan fingerprint density at radius 3 is 2.60 bits per heavy atom. The fourth-order valence-corrected chi connectivity index (χ4v) is 4.06. The Morgan fingerprint density at radius 2 is 2.05 bits per heavy atom. The number of nitrogens with one attached hydrogen (secondary N) is 1. The average Bonchev–Trinajstić information content (AvgIpc) is 2.85. The van der Waals surface area contributed by atoms with Crippen LogP contribution in [0.15, 0.2) is 11.2 Å². The number of piperazine rings is 1. The third-order valence-electron chi connectivity index (χ3n) is 3.64. The lowest BCUT2D eigenvalue weighted by atomic mass is 10.0. The summed E-state index contributed by atoms with van der Waals surface area (Å²) in [6, 6.07) is 0. The Morgan fingerprint density at radius 1 is 1.40 bits per heavy atom. The zero-order valence-corrected chi connectivity index (χ0v) is 13.0. The maximum atomic E-state index is 12.7. The zero-order valence-electron chi connectivity index (χ0n) is 12.2. The van der Waals surface area contributed by atoms with Crippen molar-refractivity contribution in [2.45, 2.75) is 37.8 Å². The molecule has 1 aliphatic heterocycles. The number of H-pyrrole nitrogens is 1. The summed E-state index contributed by atoms with van der Waals surface area (Å²) >= 11 is 0. The quantitative estimate of drug-likeness (QED) is 0.865. The maximum Gasteiger partial charge on any atom is 0.261 e. The van der Waals surface area contributed by atoms with Gasteiger partial charge in [-0.05, 0) is 13.8 Å². The van der Waals surface area contributed by atoms with E-state index in [1.165, 1.54) is 10.5 Å². The molecule has 1 aromatic heterocycles. The lowest BCUT2D eigenvalue weighted by Gasteiger charge is -2.43. The number of rotatable bonds is 3. The van der Waals surface area contributed by atoms with Crippen LogP contribution < -0.4 is 0 Å². The van der Waals surface area contributed by atoms with E-state index in [0.29, 0.717) is 18.8 Å². The van der Waals surface area contributed by atoms with E-state index in [-0.39, 0.29) is 17.5 Å². The van der Waals surface area contributed by atoms with Crippen molar-refractivity contribution in [3.05, 3.63) is 12.0 Å². The molecule has 1 N–H and O–H groups in total. The predicted octanol–water partition coefficient (Wildman–Crippen LogP) is 0.213. The fourth-order valence-electron chi connectivity index (χ4n) is 2.39. The lowest BCUT2D eigenvalue weighted by molar-refractivity contribution is -0.142. The first-order valence-electron chi connectivity index (χ1n) is 6.53. The van der Waals surface area contributed by atoms with Crippen molar-refractivity contribution >= 4 is 15.9 Å². The van der Waals surface area contributed by atoms with Crippen LogP contribution in [0.3, 0.4) is 0 Å². The Balaban J connectivity index is 2.41. The monoisotopic (exact) mass is 300 g/mol. The first-order chi connectivity index (χ1) is 9.21. The van der Waals surface area contributed by atoms with Crippen molar-refractivity contribution in [2.75, 3.05) is 20.1 Å². The molecular formula is C12H20N4O3S. The van der Waals surface area contributed by atoms with E-state index in [4.69, 9.17) is 0 Å². The Hall–Kier alpha value is -1.41. The largest absolute Gasteiger partial charge is 0.343 e. The van der Waals surface area contributed by atoms with Crippen molar-refractivity contribution in [1.29, 1.82) is 0 Å². The number of likely N-dealkylation sites (N-methyl/N-ethyl adjacent to an activating group) is 1. The Bertz CT molecular complexity index is 620. The number of carbonyl (C=O) groups excluding carboxylic acids is 1. The molecule has 2 rings (SSSR count). The van der Waals surface area contributed by atoms with Crippen molar-refractivity contribution < 1.29 is 13.2 Å². The van der Waals surface area contributed by atoms with Crippen LogP contribution >= 0.6 is 0 Å². The Labute approximate surface area is 119 Å². The van der Waals surface area contributed by atoms with Crippen LogP contribution in [0.2, 0.25) is 0 Å². The van der Waals surface area contributed by atoms with Crippen LogP contribution in [-0.4, -0.2) is 59.2 Å². The highest BCUT2D eigenvalue weighted by molar-refractivity contribution is 7.89. The van der Waals surface area contributed by atoms with Gasteiger partial charge in [0.25, 0.3) is 10.0 Å². The van der Waals surface area contributed by atoms with Gasteiger partial charge >= 0.3 is 0 Å². The molecule has 0 atom stereocenters. The number of hydrogen-bond donors (Lipinski definition) is 1. The van der Waals surface area contributed by atoms with Gasteiger partial charge in [-0.2, -0.15) is 4.31 Å². The van der Waals surface area contributed by atoms with Gasteiger partial charge in [-0.1, -0.05) is 6.92 Å². The second-order valence-electron chi connectivity index (χ2n) is 5.41. The summed E-state index contributed by atoms with van der Waals surface area (Å²) in [6.45, 7) is 5.80. The number of amides is 1. The number of aryl methyl sites for hydroxylation is 1. The second-order valence-corrected chi connectivity index (χ2v) is 7.24. The Kier molecular flexibility index (Phi) is 3.64. The molecular weight excluding hydrogens is 280 g/mol. The summed E-state index contributed by atoms with van der Waals surface area (Å²) < 4.78 is 26.6. The van der Waals surface area contributed by atoms with Gasteiger partial charge < -0.3 is 9.88 Å². The highest BCUT2D eigenvalue weighted by Gasteiger charge is 2.47. The maximum absolute atomic E-state index is 12.7. The molecule has 1 aliphatic rings. The van der Waals surface area contributed by atoms with Gasteiger partial charge in [-0.15, -0.1) is 0 Å². The van der Waals surface area contributed by atoms with E-state index in [1.807, 2.05) is 6.92 Å². The van der Waals surface area contributed by atoms with Gasteiger partial charge in [0.05, 0.1) is 6.20 Å². The first kappa shape index (κ1) is 15.0. The third kappa shape index (κ3) is 2.22. The van der Waals surface area contributed by atoms with E-state index < -0.39 is 15.6 Å². The average molecular weight is 300 g/mol. The van der Waals surface area contributed by atoms with Gasteiger partial charge in [0.2, 0.25) is 5.91 Å². The molecule has 0 radical (unpaired) electrons. The molecule has 0 unspecified atom stereocenters. The van der Waals surface area contributed by atoms with E-state index in [2.05, 4.69) is 9.97 Å². The van der Waals surface area contributed by atoms with Crippen LogP contribution in [0.25, 0.3) is 0 Å². The topological polar surface area (TPSA) is 86.4 Å². The molecule has 1 amide bonds. The van der Waals surface area contributed by atoms with Gasteiger partial charge in [0.15, 0.2) is 5.03 Å². The van der Waals surface area contributed by atoms with Crippen LogP contribution in [0, 0.1) is 0 Å². The normalized spacial score (nSPS) is 20.4. The molecule has 20 heavy (non-hydrogen) atoms. The minimum atomic E-state index is -3.75. The van der Waals surface area contributed by atoms with Crippen molar-refractivity contribution in [3.8, 4) is 0 Å². The van der Waals surface area contributed by atoms with Crippen LogP contribution in [0.5, 0.6) is 0 Å². The molecule has 1 aromatic rings. The summed E-state index contributed by atoms with van der Waals surface area (Å²) in [5.41, 5.74) is -1.09. The summed E-state index contributed by atoms with van der Waals surface area (Å²) in [7, 11) is -2.07. The number of nitrogens with zero attached hydrogens (tertiary/aromatic N) is 3. The smallest absolute Gasteiger partial charge is 0.261 e. The highest BCUT2D eigenvalue weighted by atomic mass is 32.2. The number of aromatic nitrogens is 2. The molecule has 112 valence electrons. The number of imidazole rings is 1. The third-order valence-corrected chi connectivity index (χ3v) is 5.62. The van der Waals surface area contributed by atoms with E-state index in [9.17, 15) is 13.2 Å². The molecule has 0 aromatic carbocycles. The van der Waals surface area contributed by atoms with Crippen molar-refractivity contribution in [3.63, 3.8) is 0 Å². The van der Waals surface area contributed by atoms with Crippen LogP contribution in [0.1, 0.15) is 26.6 Å². The number of hydrogen-bond acceptors (Lipinski definition) is 4. The van der Waals surface area contributed by atoms with Crippen molar-refractivity contribution in [2.24, 2.45) is 0 Å². The minimum Gasteiger partial charge on any atom is -0.343 e. The highest BCUT2D eigenvalue weighted by Crippen LogP contribution is 2.28. The second kappa shape index (κ2) is 4.85. The van der Waals surface area contributed by atoms with Crippen LogP contribution in [-0.2, 0) is 21.2 Å². The van der Waals surface area contributed by atoms with Crippen LogP contribution in [0.4, 0.5) is 0 Å². The summed E-state index contributed by atoms with van der Waals surface area (Å²) in [6.07, 6.45) is 1.94. The molecule has 8 heteroatoms. The van der Waals surface area contributed by atoms with Gasteiger partial charge in [0.1, 0.15) is 11.4 Å². The van der Waals surface area contributed by atoms with E-state index in [1.54, 1.807) is 25.8 Å². The fraction of sp³-hybridized carbons (Fsp3) is 0.667. The zero-order chi connectivity index (χ0) is 15.1. The first-order valence-corrected chi connectivity index (χ1v) is 7.97. The summed E-state index contributed by atoms with van der Waals surface area (Å²) in [5, 5.41) is 0.0415. The minimum absolute atomic E-state index is 0.0415. The van der Waals surface area contributed by atoms with Gasteiger partial charge in [0, 0.05) is 26.6 Å². The molecule has 7 nitrogen and oxygen atoms in total. The molecule has 0 bridgehead atoms. The predicted molar refractivity (Wildman–Crippen MR) is 73.6 cm³/mol. The molecule has 0 saturated carbocycles.